The average molecular weight is 403 g/mol. The largest absolute Gasteiger partial charge is 0.337 e. The van der Waals surface area contributed by atoms with E-state index in [1.165, 1.54) is 19.3 Å². The Morgan fingerprint density at radius 3 is 2.48 bits per heavy atom. The third kappa shape index (κ3) is 5.08. The van der Waals surface area contributed by atoms with Crippen molar-refractivity contribution in [2.24, 2.45) is 0 Å². The maximum atomic E-state index is 12.9. The van der Waals surface area contributed by atoms with Gasteiger partial charge in [-0.2, -0.15) is 0 Å². The molecule has 3 aliphatic rings. The van der Waals surface area contributed by atoms with Crippen LogP contribution in [0, 0.1) is 0 Å². The highest BCUT2D eigenvalue weighted by molar-refractivity contribution is 5.92. The summed E-state index contributed by atoms with van der Waals surface area (Å²) in [5.74, 6) is -0.0140. The lowest BCUT2D eigenvalue weighted by Gasteiger charge is -2.37. The van der Waals surface area contributed by atoms with E-state index in [1.807, 2.05) is 9.80 Å². The van der Waals surface area contributed by atoms with Crippen LogP contribution in [0.4, 0.5) is 4.79 Å². The molecular formula is C21H34N6O2. The van der Waals surface area contributed by atoms with Gasteiger partial charge in [-0.25, -0.2) is 4.79 Å². The van der Waals surface area contributed by atoms with Crippen LogP contribution in [0.5, 0.6) is 0 Å². The van der Waals surface area contributed by atoms with E-state index in [1.54, 1.807) is 10.9 Å². The second kappa shape index (κ2) is 9.59. The van der Waals surface area contributed by atoms with E-state index in [4.69, 9.17) is 0 Å². The number of urea groups is 1. The Morgan fingerprint density at radius 2 is 1.69 bits per heavy atom. The van der Waals surface area contributed by atoms with Crippen LogP contribution in [0.1, 0.15) is 81.1 Å². The van der Waals surface area contributed by atoms with Gasteiger partial charge in [-0.05, 0) is 51.4 Å². The Morgan fingerprint density at radius 1 is 0.966 bits per heavy atom. The van der Waals surface area contributed by atoms with Crippen molar-refractivity contribution in [3.05, 3.63) is 11.9 Å². The average Bonchev–Trinajstić information content (AvgIpc) is 3.45. The van der Waals surface area contributed by atoms with Crippen molar-refractivity contribution in [3.8, 4) is 0 Å². The fourth-order valence-corrected chi connectivity index (χ4v) is 4.94. The van der Waals surface area contributed by atoms with E-state index in [0.717, 1.165) is 71.0 Å². The quantitative estimate of drug-likeness (QED) is 0.821. The molecule has 1 atom stereocenters. The van der Waals surface area contributed by atoms with Crippen molar-refractivity contribution < 1.29 is 9.59 Å². The third-order valence-corrected chi connectivity index (χ3v) is 6.66. The van der Waals surface area contributed by atoms with Crippen molar-refractivity contribution in [1.82, 2.24) is 30.1 Å². The predicted molar refractivity (Wildman–Crippen MR) is 110 cm³/mol. The number of aromatic nitrogens is 3. The van der Waals surface area contributed by atoms with Gasteiger partial charge < -0.3 is 15.1 Å². The fourth-order valence-electron chi connectivity index (χ4n) is 4.94. The molecule has 1 aromatic heterocycles. The number of carbonyl (C=O) groups is 2. The minimum atomic E-state index is -0.0140. The Labute approximate surface area is 173 Å². The summed E-state index contributed by atoms with van der Waals surface area (Å²) >= 11 is 0. The Bertz CT molecular complexity index is 693. The van der Waals surface area contributed by atoms with Crippen LogP contribution in [0.15, 0.2) is 6.20 Å². The molecule has 29 heavy (non-hydrogen) atoms. The van der Waals surface area contributed by atoms with Gasteiger partial charge in [-0.3, -0.25) is 9.48 Å². The van der Waals surface area contributed by atoms with Gasteiger partial charge in [0.1, 0.15) is 0 Å². The summed E-state index contributed by atoms with van der Waals surface area (Å²) in [5.41, 5.74) is 0.433. The molecule has 3 heterocycles. The molecule has 8 heteroatoms. The lowest BCUT2D eigenvalue weighted by Crippen LogP contribution is -2.51. The summed E-state index contributed by atoms with van der Waals surface area (Å²) in [5, 5.41) is 11.5. The second-order valence-electron chi connectivity index (χ2n) is 8.78. The topological polar surface area (TPSA) is 83.4 Å². The van der Waals surface area contributed by atoms with Crippen molar-refractivity contribution in [3.63, 3.8) is 0 Å². The number of amides is 3. The Balaban J connectivity index is 1.30. The van der Waals surface area contributed by atoms with E-state index in [2.05, 4.69) is 15.6 Å². The highest BCUT2D eigenvalue weighted by atomic mass is 16.2. The molecule has 4 rings (SSSR count). The zero-order valence-electron chi connectivity index (χ0n) is 17.4. The molecule has 0 radical (unpaired) electrons. The minimum Gasteiger partial charge on any atom is -0.337 e. The van der Waals surface area contributed by atoms with E-state index >= 15 is 0 Å². The molecule has 0 spiro atoms. The SMILES string of the molecule is O=C(c1cn(CCC2CCCCN2C(=O)NC2CCCCC2)nn1)N1CCCC1. The van der Waals surface area contributed by atoms with Crippen molar-refractivity contribution in [2.45, 2.75) is 89.3 Å². The Kier molecular flexibility index (Phi) is 6.67. The number of hydrogen-bond donors (Lipinski definition) is 1. The molecule has 2 aliphatic heterocycles. The minimum absolute atomic E-state index is 0.0140. The first kappa shape index (κ1) is 20.2. The van der Waals surface area contributed by atoms with Gasteiger partial charge in [-0.15, -0.1) is 5.10 Å². The normalized spacial score (nSPS) is 23.4. The zero-order valence-corrected chi connectivity index (χ0v) is 17.4. The number of nitrogens with one attached hydrogen (secondary N) is 1. The van der Waals surface area contributed by atoms with Crippen LogP contribution in [0.2, 0.25) is 0 Å². The standard InChI is InChI=1S/C21H34N6O2/c28-20(25-12-6-7-13-25)19-16-26(24-23-19)15-11-18-10-4-5-14-27(18)21(29)22-17-8-2-1-3-9-17/h16-18H,1-15H2,(H,22,29). The summed E-state index contributed by atoms with van der Waals surface area (Å²) in [4.78, 5) is 29.2. The van der Waals surface area contributed by atoms with Crippen LogP contribution in [0.25, 0.3) is 0 Å². The van der Waals surface area contributed by atoms with Crippen LogP contribution < -0.4 is 5.32 Å². The molecule has 2 saturated heterocycles. The molecule has 1 aliphatic carbocycles. The number of aryl methyl sites for hydroxylation is 1. The molecule has 3 fully saturated rings. The van der Waals surface area contributed by atoms with Crippen LogP contribution in [-0.2, 0) is 6.54 Å². The van der Waals surface area contributed by atoms with Gasteiger partial charge in [0.05, 0.1) is 6.20 Å². The van der Waals surface area contributed by atoms with Gasteiger partial charge in [0.2, 0.25) is 0 Å². The molecule has 8 nitrogen and oxygen atoms in total. The number of carbonyl (C=O) groups excluding carboxylic acids is 2. The number of likely N-dealkylation sites (tertiary alicyclic amines) is 2. The van der Waals surface area contributed by atoms with E-state index in [9.17, 15) is 9.59 Å². The molecule has 1 unspecified atom stereocenters. The molecular weight excluding hydrogens is 368 g/mol. The molecule has 1 saturated carbocycles. The molecule has 3 amide bonds. The highest BCUT2D eigenvalue weighted by Gasteiger charge is 2.28. The summed E-state index contributed by atoms with van der Waals surface area (Å²) in [6.45, 7) is 3.15. The van der Waals surface area contributed by atoms with Gasteiger partial charge in [-0.1, -0.05) is 24.5 Å². The van der Waals surface area contributed by atoms with E-state index in [-0.39, 0.29) is 18.0 Å². The van der Waals surface area contributed by atoms with E-state index < -0.39 is 0 Å². The first-order valence-corrected chi connectivity index (χ1v) is 11.5. The maximum Gasteiger partial charge on any atom is 0.317 e. The van der Waals surface area contributed by atoms with Crippen molar-refractivity contribution in [2.75, 3.05) is 19.6 Å². The zero-order chi connectivity index (χ0) is 20.1. The van der Waals surface area contributed by atoms with E-state index in [0.29, 0.717) is 18.3 Å². The van der Waals surface area contributed by atoms with Gasteiger partial charge in [0.15, 0.2) is 5.69 Å². The van der Waals surface area contributed by atoms with Crippen LogP contribution in [0.3, 0.4) is 0 Å². The first-order valence-electron chi connectivity index (χ1n) is 11.5. The monoisotopic (exact) mass is 402 g/mol. The fraction of sp³-hybridized carbons (Fsp3) is 0.810. The van der Waals surface area contributed by atoms with Gasteiger partial charge >= 0.3 is 6.03 Å². The van der Waals surface area contributed by atoms with Crippen LogP contribution in [-0.4, -0.2) is 68.4 Å². The predicted octanol–water partition coefficient (Wildman–Crippen LogP) is 2.80. The highest BCUT2D eigenvalue weighted by Crippen LogP contribution is 2.22. The summed E-state index contributed by atoms with van der Waals surface area (Å²) in [6.07, 6.45) is 14.0. The first-order chi connectivity index (χ1) is 14.2. The number of piperidine rings is 1. The molecule has 0 aromatic carbocycles. The number of hydrogen-bond acceptors (Lipinski definition) is 4. The smallest absolute Gasteiger partial charge is 0.317 e. The molecule has 160 valence electrons. The van der Waals surface area contributed by atoms with Crippen LogP contribution >= 0.6 is 0 Å². The third-order valence-electron chi connectivity index (χ3n) is 6.66. The second-order valence-corrected chi connectivity index (χ2v) is 8.78. The Hall–Kier alpha value is -2.12. The maximum absolute atomic E-state index is 12.9. The van der Waals surface area contributed by atoms with Gasteiger partial charge in [0, 0.05) is 38.3 Å². The molecule has 0 bridgehead atoms. The summed E-state index contributed by atoms with van der Waals surface area (Å²) < 4.78 is 1.76. The summed E-state index contributed by atoms with van der Waals surface area (Å²) in [6, 6.07) is 0.674. The molecule has 1 aromatic rings. The number of rotatable bonds is 5. The lowest BCUT2D eigenvalue weighted by atomic mass is 9.95. The lowest BCUT2D eigenvalue weighted by molar-refractivity contribution is 0.0787. The number of nitrogens with zero attached hydrogens (tertiary/aromatic N) is 5. The summed E-state index contributed by atoms with van der Waals surface area (Å²) in [7, 11) is 0. The van der Waals surface area contributed by atoms with Gasteiger partial charge in [0.25, 0.3) is 5.91 Å². The van der Waals surface area contributed by atoms with Crippen molar-refractivity contribution in [1.29, 1.82) is 0 Å². The van der Waals surface area contributed by atoms with Crippen molar-refractivity contribution >= 4 is 11.9 Å². The molecule has 1 N–H and O–H groups in total.